The summed E-state index contributed by atoms with van der Waals surface area (Å²) in [4.78, 5) is 21.0. The van der Waals surface area contributed by atoms with Crippen molar-refractivity contribution in [1.29, 1.82) is 0 Å². The predicted octanol–water partition coefficient (Wildman–Crippen LogP) is 2.41. The summed E-state index contributed by atoms with van der Waals surface area (Å²) in [6.07, 6.45) is 1.44. The molecule has 1 aliphatic rings. The van der Waals surface area contributed by atoms with Crippen molar-refractivity contribution in [3.05, 3.63) is 59.7 Å². The minimum atomic E-state index is -0.751. The van der Waals surface area contributed by atoms with Crippen LogP contribution in [0.1, 0.15) is 25.1 Å². The Bertz CT molecular complexity index is 1150. The summed E-state index contributed by atoms with van der Waals surface area (Å²) >= 11 is 0. The second-order valence-corrected chi connectivity index (χ2v) is 7.01. The Hall–Kier alpha value is -3.82. The Balaban J connectivity index is 1.71. The standard InChI is InChI=1S/C21H21FN6O3/c1-3-30-21(29)18-12(2)24-20(25-19(18)23)16-10-17(15-8-9-31-27-15)28(26-16)11-13-6-4-5-7-14(13)22/h4-10,12,18H,3,11H2,1-2H3,(H2,23,24,25). The predicted molar refractivity (Wildman–Crippen MR) is 111 cm³/mol. The smallest absolute Gasteiger partial charge is 0.318 e. The molecule has 0 saturated heterocycles. The van der Waals surface area contributed by atoms with Crippen molar-refractivity contribution in [2.75, 3.05) is 6.61 Å². The van der Waals surface area contributed by atoms with E-state index in [2.05, 4.69) is 20.2 Å². The Morgan fingerprint density at radius 3 is 2.77 bits per heavy atom. The number of ether oxygens (including phenoxy) is 1. The first-order valence-corrected chi connectivity index (χ1v) is 9.78. The normalized spacial score (nSPS) is 18.4. The highest BCUT2D eigenvalue weighted by Gasteiger charge is 2.34. The second kappa shape index (κ2) is 8.50. The van der Waals surface area contributed by atoms with E-state index in [1.54, 1.807) is 48.9 Å². The third-order valence-corrected chi connectivity index (χ3v) is 4.89. The molecule has 10 heteroatoms. The van der Waals surface area contributed by atoms with Crippen LogP contribution in [0.15, 0.2) is 57.2 Å². The summed E-state index contributed by atoms with van der Waals surface area (Å²) in [6.45, 7) is 3.90. The summed E-state index contributed by atoms with van der Waals surface area (Å²) in [5.41, 5.74) is 8.08. The lowest BCUT2D eigenvalue weighted by Gasteiger charge is -2.22. The first-order chi connectivity index (χ1) is 15.0. The van der Waals surface area contributed by atoms with E-state index in [4.69, 9.17) is 15.0 Å². The van der Waals surface area contributed by atoms with E-state index in [9.17, 15) is 9.18 Å². The van der Waals surface area contributed by atoms with Gasteiger partial charge in [-0.3, -0.25) is 14.5 Å². The number of carbonyl (C=O) groups excluding carboxylic acids is 1. The highest BCUT2D eigenvalue weighted by Crippen LogP contribution is 2.24. The van der Waals surface area contributed by atoms with E-state index in [1.165, 1.54) is 12.3 Å². The van der Waals surface area contributed by atoms with Gasteiger partial charge in [0.25, 0.3) is 0 Å². The lowest BCUT2D eigenvalue weighted by atomic mass is 9.99. The number of nitrogens with two attached hydrogens (primary N) is 1. The highest BCUT2D eigenvalue weighted by atomic mass is 19.1. The van der Waals surface area contributed by atoms with Crippen LogP contribution in [0.4, 0.5) is 4.39 Å². The van der Waals surface area contributed by atoms with Crippen molar-refractivity contribution >= 4 is 17.6 Å². The molecule has 3 heterocycles. The average Bonchev–Trinajstić information content (AvgIpc) is 3.39. The monoisotopic (exact) mass is 424 g/mol. The molecular formula is C21H21FN6O3. The van der Waals surface area contributed by atoms with Crippen LogP contribution in [-0.2, 0) is 16.1 Å². The van der Waals surface area contributed by atoms with Gasteiger partial charge in [0.15, 0.2) is 5.84 Å². The molecule has 0 saturated carbocycles. The third-order valence-electron chi connectivity index (χ3n) is 4.89. The van der Waals surface area contributed by atoms with Gasteiger partial charge in [-0.25, -0.2) is 9.38 Å². The molecule has 0 radical (unpaired) electrons. The quantitative estimate of drug-likeness (QED) is 0.607. The van der Waals surface area contributed by atoms with Crippen LogP contribution in [-0.4, -0.2) is 45.2 Å². The molecule has 9 nitrogen and oxygen atoms in total. The molecule has 0 fully saturated rings. The van der Waals surface area contributed by atoms with Crippen LogP contribution in [0, 0.1) is 11.7 Å². The minimum Gasteiger partial charge on any atom is -0.465 e. The molecule has 2 aromatic heterocycles. The largest absolute Gasteiger partial charge is 0.465 e. The van der Waals surface area contributed by atoms with Crippen molar-refractivity contribution in [3.8, 4) is 11.4 Å². The number of halogens is 1. The topological polar surface area (TPSA) is 121 Å². The molecule has 160 valence electrons. The Morgan fingerprint density at radius 2 is 2.10 bits per heavy atom. The van der Waals surface area contributed by atoms with E-state index >= 15 is 0 Å². The van der Waals surface area contributed by atoms with Gasteiger partial charge in [0.1, 0.15) is 35.2 Å². The van der Waals surface area contributed by atoms with Crippen molar-refractivity contribution < 1.29 is 18.4 Å². The maximum atomic E-state index is 14.2. The van der Waals surface area contributed by atoms with Gasteiger partial charge >= 0.3 is 5.97 Å². The van der Waals surface area contributed by atoms with Gasteiger partial charge in [-0.2, -0.15) is 5.10 Å². The van der Waals surface area contributed by atoms with E-state index in [0.29, 0.717) is 22.6 Å². The number of aromatic nitrogens is 3. The molecule has 2 unspecified atom stereocenters. The Morgan fingerprint density at radius 1 is 1.29 bits per heavy atom. The fourth-order valence-electron chi connectivity index (χ4n) is 3.39. The molecular weight excluding hydrogens is 403 g/mol. The van der Waals surface area contributed by atoms with Gasteiger partial charge in [-0.1, -0.05) is 23.4 Å². The number of benzene rings is 1. The van der Waals surface area contributed by atoms with E-state index in [1.807, 2.05) is 0 Å². The molecule has 2 atom stereocenters. The molecule has 1 aromatic carbocycles. The zero-order chi connectivity index (χ0) is 22.0. The van der Waals surface area contributed by atoms with Gasteiger partial charge in [0.05, 0.1) is 24.9 Å². The van der Waals surface area contributed by atoms with Crippen molar-refractivity contribution in [1.82, 2.24) is 14.9 Å². The zero-order valence-electron chi connectivity index (χ0n) is 17.0. The summed E-state index contributed by atoms with van der Waals surface area (Å²) in [5.74, 6) is -1.16. The Labute approximate surface area is 177 Å². The fourth-order valence-corrected chi connectivity index (χ4v) is 3.39. The third kappa shape index (κ3) is 4.09. The molecule has 0 bridgehead atoms. The number of nitrogens with zero attached hydrogens (tertiary/aromatic N) is 5. The first kappa shape index (κ1) is 20.5. The summed E-state index contributed by atoms with van der Waals surface area (Å²) in [5, 5.41) is 8.52. The van der Waals surface area contributed by atoms with Gasteiger partial charge in [-0.15, -0.1) is 0 Å². The fraction of sp³-hybridized carbons (Fsp3) is 0.286. The number of rotatable bonds is 6. The van der Waals surface area contributed by atoms with Crippen LogP contribution in [0.3, 0.4) is 0 Å². The minimum absolute atomic E-state index is 0.114. The van der Waals surface area contributed by atoms with Gasteiger partial charge in [0, 0.05) is 11.6 Å². The number of hydrogen-bond donors (Lipinski definition) is 1. The number of aliphatic imine (C=N–C) groups is 2. The molecule has 2 N–H and O–H groups in total. The van der Waals surface area contributed by atoms with Crippen LogP contribution >= 0.6 is 0 Å². The molecule has 0 aliphatic carbocycles. The van der Waals surface area contributed by atoms with Crippen molar-refractivity contribution in [3.63, 3.8) is 0 Å². The SMILES string of the molecule is CCOC(=O)C1C(N)=NC(c2cc(-c3ccon3)n(Cc3ccccc3F)n2)=NC1C. The molecule has 0 spiro atoms. The van der Waals surface area contributed by atoms with E-state index in [-0.39, 0.29) is 30.6 Å². The van der Waals surface area contributed by atoms with Gasteiger partial charge in [-0.05, 0) is 26.0 Å². The van der Waals surface area contributed by atoms with E-state index < -0.39 is 17.9 Å². The molecule has 0 amide bonds. The Kier molecular flexibility index (Phi) is 5.61. The van der Waals surface area contributed by atoms with Crippen LogP contribution in [0.5, 0.6) is 0 Å². The van der Waals surface area contributed by atoms with Crippen LogP contribution in [0.2, 0.25) is 0 Å². The zero-order valence-corrected chi connectivity index (χ0v) is 17.0. The number of hydrogen-bond acceptors (Lipinski definition) is 8. The maximum Gasteiger partial charge on any atom is 0.318 e. The molecule has 1 aliphatic heterocycles. The van der Waals surface area contributed by atoms with Crippen molar-refractivity contribution in [2.45, 2.75) is 26.4 Å². The summed E-state index contributed by atoms with van der Waals surface area (Å²) < 4.78 is 25.8. The summed E-state index contributed by atoms with van der Waals surface area (Å²) in [7, 11) is 0. The van der Waals surface area contributed by atoms with Gasteiger partial charge in [0.2, 0.25) is 0 Å². The first-order valence-electron chi connectivity index (χ1n) is 9.78. The number of amidine groups is 2. The second-order valence-electron chi connectivity index (χ2n) is 7.01. The lowest BCUT2D eigenvalue weighted by molar-refractivity contribution is -0.146. The lowest BCUT2D eigenvalue weighted by Crippen LogP contribution is -2.42. The highest BCUT2D eigenvalue weighted by molar-refractivity contribution is 6.12. The summed E-state index contributed by atoms with van der Waals surface area (Å²) in [6, 6.07) is 9.39. The molecule has 4 rings (SSSR count). The van der Waals surface area contributed by atoms with Gasteiger partial charge < -0.3 is 15.0 Å². The number of carbonyl (C=O) groups is 1. The van der Waals surface area contributed by atoms with Crippen LogP contribution in [0.25, 0.3) is 11.4 Å². The van der Waals surface area contributed by atoms with E-state index in [0.717, 1.165) is 0 Å². The molecule has 3 aromatic rings. The molecule has 31 heavy (non-hydrogen) atoms. The number of esters is 1. The van der Waals surface area contributed by atoms with Crippen LogP contribution < -0.4 is 5.73 Å². The van der Waals surface area contributed by atoms with Crippen molar-refractivity contribution in [2.24, 2.45) is 21.6 Å². The average molecular weight is 424 g/mol. The maximum absolute atomic E-state index is 14.2.